The predicted octanol–water partition coefficient (Wildman–Crippen LogP) is 2.68. The molecule has 1 aromatic carbocycles. The van der Waals surface area contributed by atoms with Crippen LogP contribution in [0.2, 0.25) is 0 Å². The lowest BCUT2D eigenvalue weighted by Gasteiger charge is -2.38. The predicted molar refractivity (Wildman–Crippen MR) is 114 cm³/mol. The van der Waals surface area contributed by atoms with Crippen LogP contribution < -0.4 is 10.1 Å². The van der Waals surface area contributed by atoms with E-state index in [2.05, 4.69) is 11.4 Å². The van der Waals surface area contributed by atoms with E-state index in [1.165, 1.54) is 12.0 Å². The number of nitrogens with one attached hydrogen (secondary N) is 1. The van der Waals surface area contributed by atoms with Crippen molar-refractivity contribution in [1.82, 2.24) is 10.2 Å². The Balaban J connectivity index is 1.97. The summed E-state index contributed by atoms with van der Waals surface area (Å²) in [6.07, 6.45) is 4.05. The molecular weight excluding hydrogens is 398 g/mol. The van der Waals surface area contributed by atoms with Crippen molar-refractivity contribution < 1.29 is 23.9 Å². The van der Waals surface area contributed by atoms with Gasteiger partial charge in [-0.05, 0) is 43.0 Å². The second-order valence-corrected chi connectivity index (χ2v) is 8.19. The molecule has 0 aromatic heterocycles. The topological polar surface area (TPSA) is 109 Å². The van der Waals surface area contributed by atoms with Crippen molar-refractivity contribution in [2.24, 2.45) is 5.92 Å². The van der Waals surface area contributed by atoms with Gasteiger partial charge in [-0.25, -0.2) is 4.79 Å². The third-order valence-electron chi connectivity index (χ3n) is 5.80. The summed E-state index contributed by atoms with van der Waals surface area (Å²) in [7, 11) is 3.11. The number of hydrogen-bond acceptors (Lipinski definition) is 6. The van der Waals surface area contributed by atoms with Gasteiger partial charge in [0.05, 0.1) is 13.2 Å². The average molecular weight is 430 g/mol. The third kappa shape index (κ3) is 5.97. The SMILES string of the molecule is COc1ccc(C(=O)N[C@H](C(=O)OCC(=O)N(C)C2(C#N)CCCCC2)C(C)C)cc1. The first-order valence-corrected chi connectivity index (χ1v) is 10.5. The summed E-state index contributed by atoms with van der Waals surface area (Å²) in [5, 5.41) is 12.3. The zero-order chi connectivity index (χ0) is 23.0. The number of rotatable bonds is 8. The Hall–Kier alpha value is -3.08. The lowest BCUT2D eigenvalue weighted by Crippen LogP contribution is -2.52. The number of methoxy groups -OCH3 is 1. The van der Waals surface area contributed by atoms with Gasteiger partial charge >= 0.3 is 5.97 Å². The smallest absolute Gasteiger partial charge is 0.329 e. The van der Waals surface area contributed by atoms with E-state index in [-0.39, 0.29) is 5.92 Å². The van der Waals surface area contributed by atoms with Crippen LogP contribution in [-0.2, 0) is 14.3 Å². The van der Waals surface area contributed by atoms with Crippen molar-refractivity contribution in [3.8, 4) is 11.8 Å². The Morgan fingerprint density at radius 1 is 1.16 bits per heavy atom. The van der Waals surface area contributed by atoms with E-state index in [9.17, 15) is 19.6 Å². The van der Waals surface area contributed by atoms with Gasteiger partial charge < -0.3 is 19.7 Å². The molecule has 168 valence electrons. The van der Waals surface area contributed by atoms with E-state index in [0.717, 1.165) is 19.3 Å². The summed E-state index contributed by atoms with van der Waals surface area (Å²) in [4.78, 5) is 39.1. The van der Waals surface area contributed by atoms with Gasteiger partial charge in [0.1, 0.15) is 17.3 Å². The summed E-state index contributed by atoms with van der Waals surface area (Å²) in [6.45, 7) is 3.09. The van der Waals surface area contributed by atoms with E-state index in [4.69, 9.17) is 9.47 Å². The summed E-state index contributed by atoms with van der Waals surface area (Å²) >= 11 is 0. The number of carbonyl (C=O) groups excluding carboxylic acids is 3. The number of ether oxygens (including phenoxy) is 2. The maximum absolute atomic E-state index is 12.6. The summed E-state index contributed by atoms with van der Waals surface area (Å²) in [6, 6.07) is 7.87. The molecule has 31 heavy (non-hydrogen) atoms. The molecule has 0 saturated heterocycles. The lowest BCUT2D eigenvalue weighted by molar-refractivity contribution is -0.155. The van der Waals surface area contributed by atoms with Crippen molar-refractivity contribution in [2.75, 3.05) is 20.8 Å². The van der Waals surface area contributed by atoms with Crippen molar-refractivity contribution in [2.45, 2.75) is 57.5 Å². The molecule has 0 aliphatic heterocycles. The molecule has 1 aliphatic carbocycles. The lowest BCUT2D eigenvalue weighted by atomic mass is 9.81. The van der Waals surface area contributed by atoms with Crippen LogP contribution >= 0.6 is 0 Å². The van der Waals surface area contributed by atoms with Crippen LogP contribution in [0, 0.1) is 17.2 Å². The van der Waals surface area contributed by atoms with Crippen LogP contribution in [-0.4, -0.2) is 55.0 Å². The fourth-order valence-corrected chi connectivity index (χ4v) is 3.68. The molecule has 1 N–H and O–H groups in total. The number of esters is 1. The Morgan fingerprint density at radius 3 is 2.29 bits per heavy atom. The van der Waals surface area contributed by atoms with Gasteiger partial charge in [-0.15, -0.1) is 0 Å². The molecular formula is C23H31N3O5. The minimum Gasteiger partial charge on any atom is -0.497 e. The Kier molecular flexibility index (Phi) is 8.43. The fraction of sp³-hybridized carbons (Fsp3) is 0.565. The van der Waals surface area contributed by atoms with Crippen molar-refractivity contribution >= 4 is 17.8 Å². The number of benzene rings is 1. The standard InChI is InChI=1S/C23H31N3O5/c1-16(2)20(25-21(28)17-8-10-18(30-4)11-9-17)22(29)31-14-19(27)26(3)23(15-24)12-6-5-7-13-23/h8-11,16,20H,5-7,12-14H2,1-4H3,(H,25,28)/t20-/m0/s1. The first kappa shape index (κ1) is 24.2. The highest BCUT2D eigenvalue weighted by atomic mass is 16.5. The Morgan fingerprint density at radius 2 is 1.77 bits per heavy atom. The van der Waals surface area contributed by atoms with Gasteiger partial charge in [0, 0.05) is 12.6 Å². The van der Waals surface area contributed by atoms with Gasteiger partial charge in [-0.1, -0.05) is 33.1 Å². The van der Waals surface area contributed by atoms with Crippen LogP contribution in [0.15, 0.2) is 24.3 Å². The fourth-order valence-electron chi connectivity index (χ4n) is 3.68. The van der Waals surface area contributed by atoms with Gasteiger partial charge in [-0.2, -0.15) is 5.26 Å². The van der Waals surface area contributed by atoms with Crippen LogP contribution in [0.5, 0.6) is 5.75 Å². The molecule has 1 fully saturated rings. The molecule has 1 aromatic rings. The number of amides is 2. The molecule has 0 unspecified atom stereocenters. The maximum Gasteiger partial charge on any atom is 0.329 e. The minimum atomic E-state index is -0.910. The van der Waals surface area contributed by atoms with E-state index < -0.39 is 36.0 Å². The highest BCUT2D eigenvalue weighted by molar-refractivity contribution is 5.97. The third-order valence-corrected chi connectivity index (χ3v) is 5.80. The molecule has 0 heterocycles. The molecule has 8 heteroatoms. The largest absolute Gasteiger partial charge is 0.497 e. The molecule has 2 amide bonds. The number of nitrogens with zero attached hydrogens (tertiary/aromatic N) is 2. The number of hydrogen-bond donors (Lipinski definition) is 1. The Labute approximate surface area is 183 Å². The highest BCUT2D eigenvalue weighted by Gasteiger charge is 2.39. The summed E-state index contributed by atoms with van der Waals surface area (Å²) in [5.74, 6) is -1.17. The van der Waals surface area contributed by atoms with Gasteiger partial charge in [0.15, 0.2) is 6.61 Å². The number of nitriles is 1. The minimum absolute atomic E-state index is 0.244. The zero-order valence-corrected chi connectivity index (χ0v) is 18.6. The van der Waals surface area contributed by atoms with E-state index in [1.54, 1.807) is 45.2 Å². The van der Waals surface area contributed by atoms with Crippen LogP contribution in [0.1, 0.15) is 56.3 Å². The maximum atomic E-state index is 12.6. The molecule has 1 aliphatic rings. The van der Waals surface area contributed by atoms with Crippen molar-refractivity contribution in [1.29, 1.82) is 5.26 Å². The molecule has 1 atom stereocenters. The van der Waals surface area contributed by atoms with Crippen LogP contribution in [0.25, 0.3) is 0 Å². The molecule has 0 bridgehead atoms. The second kappa shape index (κ2) is 10.8. The first-order valence-electron chi connectivity index (χ1n) is 10.5. The molecule has 8 nitrogen and oxygen atoms in total. The van der Waals surface area contributed by atoms with Gasteiger partial charge in [-0.3, -0.25) is 9.59 Å². The molecule has 0 radical (unpaired) electrons. The van der Waals surface area contributed by atoms with Gasteiger partial charge in [0.2, 0.25) is 0 Å². The van der Waals surface area contributed by atoms with E-state index in [0.29, 0.717) is 24.2 Å². The molecule has 1 saturated carbocycles. The van der Waals surface area contributed by atoms with Crippen molar-refractivity contribution in [3.63, 3.8) is 0 Å². The zero-order valence-electron chi connectivity index (χ0n) is 18.6. The highest BCUT2D eigenvalue weighted by Crippen LogP contribution is 2.32. The van der Waals surface area contributed by atoms with Crippen LogP contribution in [0.3, 0.4) is 0 Å². The first-order chi connectivity index (χ1) is 14.7. The number of carbonyl (C=O) groups is 3. The van der Waals surface area contributed by atoms with Crippen molar-refractivity contribution in [3.05, 3.63) is 29.8 Å². The van der Waals surface area contributed by atoms with Crippen LogP contribution in [0.4, 0.5) is 0 Å². The average Bonchev–Trinajstić information content (AvgIpc) is 2.80. The summed E-state index contributed by atoms with van der Waals surface area (Å²) < 4.78 is 10.3. The van der Waals surface area contributed by atoms with E-state index in [1.807, 2.05) is 0 Å². The normalized spacial score (nSPS) is 16.0. The quantitative estimate of drug-likeness (QED) is 0.637. The van der Waals surface area contributed by atoms with Gasteiger partial charge in [0.25, 0.3) is 11.8 Å². The summed E-state index contributed by atoms with van der Waals surface area (Å²) in [5.41, 5.74) is -0.467. The molecule has 0 spiro atoms. The molecule has 2 rings (SSSR count). The number of likely N-dealkylation sites (N-methyl/N-ethyl adjacent to an activating group) is 1. The Bertz CT molecular complexity index is 823. The monoisotopic (exact) mass is 429 g/mol. The second-order valence-electron chi connectivity index (χ2n) is 8.19. The van der Waals surface area contributed by atoms with E-state index >= 15 is 0 Å².